The smallest absolute Gasteiger partial charge is 0.222 e. The summed E-state index contributed by atoms with van der Waals surface area (Å²) < 4.78 is 0. The second-order valence-corrected chi connectivity index (χ2v) is 5.63. The number of carbonyl (C=O) groups is 1. The maximum atomic E-state index is 12.0. The van der Waals surface area contributed by atoms with Crippen LogP contribution in [0.3, 0.4) is 0 Å². The lowest BCUT2D eigenvalue weighted by molar-refractivity contribution is -0.131. The normalized spacial score (nSPS) is 28.4. The Balaban J connectivity index is 0.00000144. The lowest BCUT2D eigenvalue weighted by Crippen LogP contribution is -2.38. The van der Waals surface area contributed by atoms with Crippen LogP contribution in [-0.2, 0) is 4.79 Å². The van der Waals surface area contributed by atoms with E-state index in [1.54, 1.807) is 0 Å². The van der Waals surface area contributed by atoms with Gasteiger partial charge in [0, 0.05) is 26.1 Å². The van der Waals surface area contributed by atoms with Gasteiger partial charge in [0.1, 0.15) is 0 Å². The van der Waals surface area contributed by atoms with Gasteiger partial charge in [-0.25, -0.2) is 0 Å². The number of hydrogen-bond donors (Lipinski definition) is 1. The number of nitrogens with two attached hydrogens (primary N) is 1. The van der Waals surface area contributed by atoms with Crippen molar-refractivity contribution < 1.29 is 4.79 Å². The Morgan fingerprint density at radius 3 is 2.47 bits per heavy atom. The quantitative estimate of drug-likeness (QED) is 0.842. The lowest BCUT2D eigenvalue weighted by atomic mass is 9.83. The summed E-state index contributed by atoms with van der Waals surface area (Å²) in [5, 5.41) is 0. The van der Waals surface area contributed by atoms with Crippen LogP contribution >= 0.6 is 12.4 Å². The van der Waals surface area contributed by atoms with Gasteiger partial charge in [-0.2, -0.15) is 0 Å². The van der Waals surface area contributed by atoms with Crippen molar-refractivity contribution in [1.82, 2.24) is 4.90 Å². The predicted molar refractivity (Wildman–Crippen MR) is 72.2 cm³/mol. The summed E-state index contributed by atoms with van der Waals surface area (Å²) in [6, 6.07) is 0.257. The molecule has 2 rings (SSSR count). The van der Waals surface area contributed by atoms with Crippen LogP contribution in [0.15, 0.2) is 0 Å². The van der Waals surface area contributed by atoms with Crippen molar-refractivity contribution in [3.05, 3.63) is 0 Å². The molecule has 0 spiro atoms. The Hall–Kier alpha value is -0.280. The summed E-state index contributed by atoms with van der Waals surface area (Å²) in [5.74, 6) is 1.52. The Morgan fingerprint density at radius 1 is 1.24 bits per heavy atom. The fourth-order valence-electron chi connectivity index (χ4n) is 2.66. The van der Waals surface area contributed by atoms with E-state index in [1.807, 2.05) is 11.9 Å². The topological polar surface area (TPSA) is 46.3 Å². The molecule has 3 nitrogen and oxygen atoms in total. The van der Waals surface area contributed by atoms with Crippen LogP contribution in [0.2, 0.25) is 0 Å². The van der Waals surface area contributed by atoms with E-state index >= 15 is 0 Å². The van der Waals surface area contributed by atoms with Crippen LogP contribution in [0, 0.1) is 11.8 Å². The number of amides is 1. The van der Waals surface area contributed by atoms with E-state index in [0.717, 1.165) is 25.3 Å². The van der Waals surface area contributed by atoms with Gasteiger partial charge in [-0.05, 0) is 37.5 Å². The van der Waals surface area contributed by atoms with Crippen molar-refractivity contribution in [3.8, 4) is 0 Å². The summed E-state index contributed by atoms with van der Waals surface area (Å²) in [5.41, 5.74) is 6.07. The van der Waals surface area contributed by atoms with Gasteiger partial charge in [0.25, 0.3) is 0 Å². The van der Waals surface area contributed by atoms with Crippen LogP contribution in [0.25, 0.3) is 0 Å². The van der Waals surface area contributed by atoms with E-state index in [2.05, 4.69) is 0 Å². The predicted octanol–water partition coefficient (Wildman–Crippen LogP) is 2.18. The highest BCUT2D eigenvalue weighted by Crippen LogP contribution is 2.30. The standard InChI is InChI=1S/C13H24N2O.ClH/c1-15(9-10-6-7-10)13(16)8-11-4-2-3-5-12(11)14;/h10-12H,2-9,14H2,1H3;1H. The molecule has 2 aliphatic rings. The van der Waals surface area contributed by atoms with Crippen molar-refractivity contribution in [3.63, 3.8) is 0 Å². The Morgan fingerprint density at radius 2 is 1.88 bits per heavy atom. The molecule has 0 radical (unpaired) electrons. The largest absolute Gasteiger partial charge is 0.345 e. The molecule has 100 valence electrons. The summed E-state index contributed by atoms with van der Waals surface area (Å²) in [4.78, 5) is 13.9. The number of nitrogens with zero attached hydrogens (tertiary/aromatic N) is 1. The average Bonchev–Trinajstić information content (AvgIpc) is 3.05. The van der Waals surface area contributed by atoms with Gasteiger partial charge in [-0.15, -0.1) is 12.4 Å². The Kier molecular flexibility index (Phi) is 5.74. The third kappa shape index (κ3) is 4.47. The Bertz CT molecular complexity index is 256. The molecule has 2 unspecified atom stereocenters. The van der Waals surface area contributed by atoms with E-state index < -0.39 is 0 Å². The van der Waals surface area contributed by atoms with Gasteiger partial charge in [0.15, 0.2) is 0 Å². The first kappa shape index (κ1) is 14.8. The second kappa shape index (κ2) is 6.60. The first-order valence-electron chi connectivity index (χ1n) is 6.66. The van der Waals surface area contributed by atoms with Gasteiger partial charge in [-0.3, -0.25) is 4.79 Å². The SMILES string of the molecule is CN(CC1CC1)C(=O)CC1CCCCC1N.Cl. The number of hydrogen-bond acceptors (Lipinski definition) is 2. The highest BCUT2D eigenvalue weighted by Gasteiger charge is 2.28. The van der Waals surface area contributed by atoms with E-state index in [9.17, 15) is 4.79 Å². The zero-order chi connectivity index (χ0) is 11.5. The van der Waals surface area contributed by atoms with Crippen LogP contribution in [0.5, 0.6) is 0 Å². The summed E-state index contributed by atoms with van der Waals surface area (Å²) in [7, 11) is 1.94. The zero-order valence-electron chi connectivity index (χ0n) is 10.7. The van der Waals surface area contributed by atoms with Crippen molar-refractivity contribution >= 4 is 18.3 Å². The molecule has 17 heavy (non-hydrogen) atoms. The number of halogens is 1. The van der Waals surface area contributed by atoms with Crippen LogP contribution in [0.4, 0.5) is 0 Å². The van der Waals surface area contributed by atoms with E-state index in [1.165, 1.54) is 25.7 Å². The van der Waals surface area contributed by atoms with Gasteiger partial charge in [0.2, 0.25) is 5.91 Å². The minimum absolute atomic E-state index is 0. The number of rotatable bonds is 4. The summed E-state index contributed by atoms with van der Waals surface area (Å²) >= 11 is 0. The number of carbonyl (C=O) groups excluding carboxylic acids is 1. The van der Waals surface area contributed by atoms with Crippen molar-refractivity contribution in [2.24, 2.45) is 17.6 Å². The second-order valence-electron chi connectivity index (χ2n) is 5.63. The van der Waals surface area contributed by atoms with E-state index in [-0.39, 0.29) is 18.4 Å². The summed E-state index contributed by atoms with van der Waals surface area (Å²) in [6.07, 6.45) is 8.02. The van der Waals surface area contributed by atoms with Gasteiger partial charge < -0.3 is 10.6 Å². The van der Waals surface area contributed by atoms with Gasteiger partial charge in [0.05, 0.1) is 0 Å². The molecule has 2 fully saturated rings. The molecular weight excluding hydrogens is 236 g/mol. The molecule has 0 heterocycles. The monoisotopic (exact) mass is 260 g/mol. The minimum atomic E-state index is 0. The molecule has 2 N–H and O–H groups in total. The molecule has 0 aliphatic heterocycles. The molecule has 4 heteroatoms. The molecule has 2 saturated carbocycles. The maximum absolute atomic E-state index is 12.0. The average molecular weight is 261 g/mol. The molecule has 0 aromatic rings. The maximum Gasteiger partial charge on any atom is 0.222 e. The molecule has 0 aromatic heterocycles. The fraction of sp³-hybridized carbons (Fsp3) is 0.923. The van der Waals surface area contributed by atoms with E-state index in [4.69, 9.17) is 5.73 Å². The molecular formula is C13H25ClN2O. The van der Waals surface area contributed by atoms with Crippen LogP contribution in [-0.4, -0.2) is 30.4 Å². The first-order chi connectivity index (χ1) is 7.66. The molecule has 0 aromatic carbocycles. The molecule has 2 atom stereocenters. The van der Waals surface area contributed by atoms with Crippen LogP contribution in [0.1, 0.15) is 44.9 Å². The highest BCUT2D eigenvalue weighted by atomic mass is 35.5. The third-order valence-corrected chi connectivity index (χ3v) is 4.06. The molecule has 0 bridgehead atoms. The molecule has 1 amide bonds. The minimum Gasteiger partial charge on any atom is -0.345 e. The first-order valence-corrected chi connectivity index (χ1v) is 6.66. The molecule has 2 aliphatic carbocycles. The van der Waals surface area contributed by atoms with Crippen molar-refractivity contribution in [1.29, 1.82) is 0 Å². The zero-order valence-corrected chi connectivity index (χ0v) is 11.5. The third-order valence-electron chi connectivity index (χ3n) is 4.06. The van der Waals surface area contributed by atoms with Gasteiger partial charge >= 0.3 is 0 Å². The fourth-order valence-corrected chi connectivity index (χ4v) is 2.66. The van der Waals surface area contributed by atoms with E-state index in [0.29, 0.717) is 18.2 Å². The Labute approximate surface area is 111 Å². The highest BCUT2D eigenvalue weighted by molar-refractivity contribution is 5.85. The van der Waals surface area contributed by atoms with Crippen LogP contribution < -0.4 is 5.73 Å². The van der Waals surface area contributed by atoms with Crippen molar-refractivity contribution in [2.75, 3.05) is 13.6 Å². The van der Waals surface area contributed by atoms with Crippen molar-refractivity contribution in [2.45, 2.75) is 51.0 Å². The lowest BCUT2D eigenvalue weighted by Gasteiger charge is -2.29. The molecule has 0 saturated heterocycles. The van der Waals surface area contributed by atoms with Gasteiger partial charge in [-0.1, -0.05) is 12.8 Å². The summed E-state index contributed by atoms with van der Waals surface area (Å²) in [6.45, 7) is 0.959.